The van der Waals surface area contributed by atoms with Crippen LogP contribution in [-0.4, -0.2) is 87.8 Å². The molecule has 4 atom stereocenters. The Hall–Kier alpha value is -2.26. The van der Waals surface area contributed by atoms with Crippen molar-refractivity contribution in [2.75, 3.05) is 50.8 Å². The average molecular weight is 500 g/mol. The summed E-state index contributed by atoms with van der Waals surface area (Å²) in [7, 11) is 0. The second kappa shape index (κ2) is 10.4. The SMILES string of the molecule is C[C@@H]1C[C@@H](O)c2ncnc(N3CCN(C(=O)C(c4ccc(Cl)cc4)C4CCCN4CCO)CC3)c21. The number of nitrogens with zero attached hydrogens (tertiary/aromatic N) is 5. The lowest BCUT2D eigenvalue weighted by atomic mass is 9.88. The first kappa shape index (κ1) is 24.4. The molecule has 8 nitrogen and oxygen atoms in total. The van der Waals surface area contributed by atoms with E-state index in [-0.39, 0.29) is 30.4 Å². The van der Waals surface area contributed by atoms with Gasteiger partial charge in [0.25, 0.3) is 0 Å². The van der Waals surface area contributed by atoms with Gasteiger partial charge in [-0.05, 0) is 49.4 Å². The molecule has 3 aliphatic rings. The standard InChI is InChI=1S/C26H34ClN5O3/c1-17-15-21(34)24-22(17)25(29-16-28-24)31-9-11-32(12-10-31)26(35)23(18-4-6-19(27)7-5-18)20-3-2-8-30(20)13-14-33/h4-7,16-17,20-21,23,33-34H,2-3,8-15H2,1H3/t17-,20?,21-,23?/m1/s1. The normalized spacial score (nSPS) is 25.7. The Kier molecular flexibility index (Phi) is 7.25. The molecule has 2 aromatic rings. The van der Waals surface area contributed by atoms with Crippen molar-refractivity contribution in [3.63, 3.8) is 0 Å². The largest absolute Gasteiger partial charge is 0.395 e. The summed E-state index contributed by atoms with van der Waals surface area (Å²) in [4.78, 5) is 29.3. The number of likely N-dealkylation sites (tertiary alicyclic amines) is 1. The van der Waals surface area contributed by atoms with Gasteiger partial charge in [0.1, 0.15) is 12.1 Å². The molecule has 1 aromatic carbocycles. The number of carbonyl (C=O) groups excluding carboxylic acids is 1. The Balaban J connectivity index is 1.34. The van der Waals surface area contributed by atoms with E-state index in [4.69, 9.17) is 11.6 Å². The van der Waals surface area contributed by atoms with Crippen LogP contribution in [0.15, 0.2) is 30.6 Å². The Morgan fingerprint density at radius 2 is 1.89 bits per heavy atom. The number of aliphatic hydroxyl groups excluding tert-OH is 2. The highest BCUT2D eigenvalue weighted by molar-refractivity contribution is 6.30. The molecule has 35 heavy (non-hydrogen) atoms. The number of fused-ring (bicyclic) bond motifs is 1. The maximum Gasteiger partial charge on any atom is 0.231 e. The fourth-order valence-corrected chi connectivity index (χ4v) is 6.25. The van der Waals surface area contributed by atoms with Crippen LogP contribution < -0.4 is 4.90 Å². The number of benzene rings is 1. The van der Waals surface area contributed by atoms with Crippen molar-refractivity contribution >= 4 is 23.3 Å². The van der Waals surface area contributed by atoms with Gasteiger partial charge in [-0.15, -0.1) is 0 Å². The van der Waals surface area contributed by atoms with Gasteiger partial charge in [-0.3, -0.25) is 9.69 Å². The number of hydrogen-bond acceptors (Lipinski definition) is 7. The van der Waals surface area contributed by atoms with Crippen molar-refractivity contribution < 1.29 is 15.0 Å². The van der Waals surface area contributed by atoms with E-state index in [0.717, 1.165) is 42.0 Å². The summed E-state index contributed by atoms with van der Waals surface area (Å²) in [6, 6.07) is 7.71. The molecule has 9 heteroatoms. The molecule has 1 aliphatic carbocycles. The minimum atomic E-state index is -0.530. The van der Waals surface area contributed by atoms with E-state index in [2.05, 4.69) is 26.7 Å². The van der Waals surface area contributed by atoms with Crippen molar-refractivity contribution in [3.8, 4) is 0 Å². The summed E-state index contributed by atoms with van der Waals surface area (Å²) in [5.41, 5.74) is 2.77. The molecule has 0 radical (unpaired) electrons. The summed E-state index contributed by atoms with van der Waals surface area (Å²) >= 11 is 6.15. The monoisotopic (exact) mass is 499 g/mol. The molecular weight excluding hydrogens is 466 g/mol. The summed E-state index contributed by atoms with van der Waals surface area (Å²) in [6.07, 6.45) is 3.65. The summed E-state index contributed by atoms with van der Waals surface area (Å²) in [5.74, 6) is 0.959. The smallest absolute Gasteiger partial charge is 0.231 e. The average Bonchev–Trinajstić information content (AvgIpc) is 3.44. The van der Waals surface area contributed by atoms with Gasteiger partial charge < -0.3 is 20.0 Å². The summed E-state index contributed by atoms with van der Waals surface area (Å²) in [6.45, 7) is 6.30. The Bertz CT molecular complexity index is 1040. The van der Waals surface area contributed by atoms with Gasteiger partial charge in [-0.1, -0.05) is 30.7 Å². The van der Waals surface area contributed by atoms with Crippen molar-refractivity contribution in [2.24, 2.45) is 0 Å². The fraction of sp³-hybridized carbons (Fsp3) is 0.577. The highest BCUT2D eigenvalue weighted by Crippen LogP contribution is 2.43. The Morgan fingerprint density at radius 1 is 1.14 bits per heavy atom. The van der Waals surface area contributed by atoms with Gasteiger partial charge in [0.05, 0.1) is 24.3 Å². The molecule has 0 saturated carbocycles. The van der Waals surface area contributed by atoms with Gasteiger partial charge in [0.15, 0.2) is 0 Å². The second-order valence-corrected chi connectivity index (χ2v) is 10.4. The molecule has 2 saturated heterocycles. The third-order valence-corrected chi connectivity index (χ3v) is 8.10. The number of β-amino-alcohol motifs (C(OH)–C–C–N with tert-alkyl or cyclic N) is 1. The van der Waals surface area contributed by atoms with E-state index in [0.29, 0.717) is 44.2 Å². The van der Waals surface area contributed by atoms with E-state index >= 15 is 0 Å². The Morgan fingerprint density at radius 3 is 2.60 bits per heavy atom. The van der Waals surface area contributed by atoms with Crippen LogP contribution in [0.4, 0.5) is 5.82 Å². The predicted octanol–water partition coefficient (Wildman–Crippen LogP) is 2.56. The summed E-state index contributed by atoms with van der Waals surface area (Å²) < 4.78 is 0. The van der Waals surface area contributed by atoms with Crippen LogP contribution in [0.1, 0.15) is 60.9 Å². The highest BCUT2D eigenvalue weighted by atomic mass is 35.5. The number of rotatable bonds is 6. The van der Waals surface area contributed by atoms with Gasteiger partial charge in [-0.25, -0.2) is 9.97 Å². The van der Waals surface area contributed by atoms with Crippen LogP contribution in [0, 0.1) is 0 Å². The molecule has 2 unspecified atom stereocenters. The Labute approximate surface area is 211 Å². The molecule has 188 valence electrons. The molecule has 1 amide bonds. The highest BCUT2D eigenvalue weighted by Gasteiger charge is 2.40. The number of piperazine rings is 1. The van der Waals surface area contributed by atoms with Gasteiger partial charge in [0, 0.05) is 49.4 Å². The lowest BCUT2D eigenvalue weighted by Crippen LogP contribution is -2.53. The van der Waals surface area contributed by atoms with E-state index in [1.165, 1.54) is 0 Å². The van der Waals surface area contributed by atoms with Crippen LogP contribution in [0.25, 0.3) is 0 Å². The zero-order valence-corrected chi connectivity index (χ0v) is 20.9. The van der Waals surface area contributed by atoms with E-state index in [1.54, 1.807) is 6.33 Å². The zero-order chi connectivity index (χ0) is 24.5. The second-order valence-electron chi connectivity index (χ2n) is 9.96. The maximum absolute atomic E-state index is 14.0. The van der Waals surface area contributed by atoms with Crippen LogP contribution in [0.3, 0.4) is 0 Å². The third kappa shape index (κ3) is 4.77. The number of halogens is 1. The predicted molar refractivity (Wildman–Crippen MR) is 135 cm³/mol. The van der Waals surface area contributed by atoms with Gasteiger partial charge >= 0.3 is 0 Å². The topological polar surface area (TPSA) is 93.0 Å². The minimum absolute atomic E-state index is 0.0707. The zero-order valence-electron chi connectivity index (χ0n) is 20.2. The number of amides is 1. The van der Waals surface area contributed by atoms with Crippen LogP contribution in [0.5, 0.6) is 0 Å². The number of aromatic nitrogens is 2. The van der Waals surface area contributed by atoms with Crippen LogP contribution in [-0.2, 0) is 4.79 Å². The molecule has 2 aliphatic heterocycles. The molecule has 0 bridgehead atoms. The first-order chi connectivity index (χ1) is 17.0. The van der Waals surface area contributed by atoms with E-state index in [9.17, 15) is 15.0 Å². The van der Waals surface area contributed by atoms with Crippen molar-refractivity contribution in [1.82, 2.24) is 19.8 Å². The molecule has 3 heterocycles. The molecular formula is C26H34ClN5O3. The lowest BCUT2D eigenvalue weighted by molar-refractivity contribution is -0.134. The number of aliphatic hydroxyl groups is 2. The number of carbonyl (C=O) groups is 1. The quantitative estimate of drug-likeness (QED) is 0.631. The van der Waals surface area contributed by atoms with E-state index < -0.39 is 6.10 Å². The molecule has 2 N–H and O–H groups in total. The van der Waals surface area contributed by atoms with Gasteiger partial charge in [-0.2, -0.15) is 0 Å². The molecule has 5 rings (SSSR count). The fourth-order valence-electron chi connectivity index (χ4n) is 6.12. The number of hydrogen-bond donors (Lipinski definition) is 2. The maximum atomic E-state index is 14.0. The summed E-state index contributed by atoms with van der Waals surface area (Å²) in [5, 5.41) is 20.6. The molecule has 2 fully saturated rings. The molecule has 1 aromatic heterocycles. The van der Waals surface area contributed by atoms with Crippen molar-refractivity contribution in [1.29, 1.82) is 0 Å². The van der Waals surface area contributed by atoms with Crippen molar-refractivity contribution in [2.45, 2.75) is 50.2 Å². The lowest BCUT2D eigenvalue weighted by Gasteiger charge is -2.40. The molecule has 0 spiro atoms. The van der Waals surface area contributed by atoms with Gasteiger partial charge in [0.2, 0.25) is 5.91 Å². The van der Waals surface area contributed by atoms with E-state index in [1.807, 2.05) is 29.2 Å². The third-order valence-electron chi connectivity index (χ3n) is 7.85. The first-order valence-electron chi connectivity index (χ1n) is 12.6. The minimum Gasteiger partial charge on any atom is -0.395 e. The first-order valence-corrected chi connectivity index (χ1v) is 13.0. The van der Waals surface area contributed by atoms with Crippen LogP contribution >= 0.6 is 11.6 Å². The van der Waals surface area contributed by atoms with Crippen LogP contribution in [0.2, 0.25) is 5.02 Å². The number of anilines is 1. The van der Waals surface area contributed by atoms with Crippen molar-refractivity contribution in [3.05, 3.63) is 52.4 Å².